The highest BCUT2D eigenvalue weighted by molar-refractivity contribution is 5.94. The normalized spacial score (nSPS) is 15.7. The van der Waals surface area contributed by atoms with Crippen LogP contribution >= 0.6 is 0 Å². The van der Waals surface area contributed by atoms with Crippen LogP contribution in [0.2, 0.25) is 0 Å². The van der Waals surface area contributed by atoms with Gasteiger partial charge in [0.2, 0.25) is 5.91 Å². The summed E-state index contributed by atoms with van der Waals surface area (Å²) in [5, 5.41) is 0. The lowest BCUT2D eigenvalue weighted by Crippen LogP contribution is -2.48. The van der Waals surface area contributed by atoms with Crippen LogP contribution in [0.3, 0.4) is 0 Å². The molecule has 2 amide bonds. The molecule has 0 radical (unpaired) electrons. The van der Waals surface area contributed by atoms with Gasteiger partial charge in [0.15, 0.2) is 5.76 Å². The van der Waals surface area contributed by atoms with E-state index in [9.17, 15) is 9.59 Å². The van der Waals surface area contributed by atoms with Gasteiger partial charge in [-0.05, 0) is 48.2 Å². The van der Waals surface area contributed by atoms with Gasteiger partial charge in [-0.15, -0.1) is 0 Å². The summed E-state index contributed by atoms with van der Waals surface area (Å²) in [6.45, 7) is 8.01. The summed E-state index contributed by atoms with van der Waals surface area (Å²) < 4.78 is 7.52. The van der Waals surface area contributed by atoms with Crippen molar-refractivity contribution in [2.24, 2.45) is 5.92 Å². The highest BCUT2D eigenvalue weighted by Crippen LogP contribution is 2.34. The van der Waals surface area contributed by atoms with Crippen molar-refractivity contribution in [3.05, 3.63) is 83.6 Å². The van der Waals surface area contributed by atoms with E-state index < -0.39 is 0 Å². The highest BCUT2D eigenvalue weighted by atomic mass is 16.3. The third kappa shape index (κ3) is 4.29. The first kappa shape index (κ1) is 21.0. The minimum atomic E-state index is -0.250. The summed E-state index contributed by atoms with van der Waals surface area (Å²) in [6.07, 6.45) is 3.55. The first-order valence-corrected chi connectivity index (χ1v) is 10.8. The predicted octanol–water partition coefficient (Wildman–Crippen LogP) is 4.12. The Labute approximate surface area is 183 Å². The molecule has 3 aromatic rings. The lowest BCUT2D eigenvalue weighted by atomic mass is 9.95. The van der Waals surface area contributed by atoms with Gasteiger partial charge < -0.3 is 18.8 Å². The van der Waals surface area contributed by atoms with Crippen LogP contribution in [0.15, 0.2) is 65.4 Å². The molecule has 0 fully saturated rings. The second-order valence-corrected chi connectivity index (χ2v) is 8.53. The lowest BCUT2D eigenvalue weighted by molar-refractivity contribution is -0.134. The second-order valence-electron chi connectivity index (χ2n) is 8.53. The molecule has 4 rings (SSSR count). The lowest BCUT2D eigenvalue weighted by Gasteiger charge is -2.39. The van der Waals surface area contributed by atoms with Crippen molar-refractivity contribution < 1.29 is 14.0 Å². The zero-order valence-corrected chi connectivity index (χ0v) is 18.3. The molecule has 0 saturated heterocycles. The number of carbonyl (C=O) groups is 2. The van der Waals surface area contributed by atoms with E-state index >= 15 is 0 Å². The summed E-state index contributed by atoms with van der Waals surface area (Å²) in [7, 11) is 0. The molecule has 0 N–H and O–H groups in total. The van der Waals surface area contributed by atoms with Crippen molar-refractivity contribution in [1.29, 1.82) is 0 Å². The van der Waals surface area contributed by atoms with Gasteiger partial charge in [0, 0.05) is 31.5 Å². The Kier molecular flexibility index (Phi) is 5.98. The van der Waals surface area contributed by atoms with Crippen molar-refractivity contribution in [3.8, 4) is 0 Å². The average molecular weight is 420 g/mol. The van der Waals surface area contributed by atoms with E-state index in [1.165, 1.54) is 6.26 Å². The Balaban J connectivity index is 1.64. The first-order valence-electron chi connectivity index (χ1n) is 10.8. The predicted molar refractivity (Wildman–Crippen MR) is 119 cm³/mol. The van der Waals surface area contributed by atoms with Gasteiger partial charge in [0.1, 0.15) is 6.54 Å². The summed E-state index contributed by atoms with van der Waals surface area (Å²) in [5.41, 5.74) is 3.36. The number of carbonyl (C=O) groups excluding carboxylic acids is 2. The Bertz CT molecular complexity index is 1050. The minimum absolute atomic E-state index is 0.0286. The third-order valence-corrected chi connectivity index (χ3v) is 5.77. The molecule has 0 bridgehead atoms. The zero-order valence-electron chi connectivity index (χ0n) is 18.3. The number of fused-ring (bicyclic) bond motifs is 1. The van der Waals surface area contributed by atoms with Crippen LogP contribution in [0.4, 0.5) is 0 Å². The Hall–Kier alpha value is -3.28. The fourth-order valence-electron chi connectivity index (χ4n) is 4.34. The topological polar surface area (TPSA) is 58.7 Å². The van der Waals surface area contributed by atoms with Crippen molar-refractivity contribution in [3.63, 3.8) is 0 Å². The van der Waals surface area contributed by atoms with Crippen LogP contribution in [0.5, 0.6) is 0 Å². The van der Waals surface area contributed by atoms with Crippen molar-refractivity contribution >= 4 is 11.8 Å². The van der Waals surface area contributed by atoms with Gasteiger partial charge in [-0.1, -0.05) is 38.1 Å². The largest absolute Gasteiger partial charge is 0.459 e. The van der Waals surface area contributed by atoms with E-state index in [1.807, 2.05) is 36.9 Å². The van der Waals surface area contributed by atoms with Crippen LogP contribution in [0, 0.1) is 12.8 Å². The number of furan rings is 1. The molecular formula is C25H29N3O3. The van der Waals surface area contributed by atoms with Gasteiger partial charge in [-0.2, -0.15) is 0 Å². The molecule has 1 aromatic carbocycles. The van der Waals surface area contributed by atoms with Crippen LogP contribution in [0.25, 0.3) is 0 Å². The maximum absolute atomic E-state index is 13.6. The van der Waals surface area contributed by atoms with Crippen molar-refractivity contribution in [1.82, 2.24) is 14.4 Å². The van der Waals surface area contributed by atoms with E-state index in [0.717, 1.165) is 23.4 Å². The number of rotatable bonds is 6. The maximum Gasteiger partial charge on any atom is 0.290 e. The number of benzene rings is 1. The van der Waals surface area contributed by atoms with E-state index in [0.29, 0.717) is 13.1 Å². The smallest absolute Gasteiger partial charge is 0.290 e. The molecule has 2 aromatic heterocycles. The molecule has 0 spiro atoms. The molecule has 1 aliphatic heterocycles. The average Bonchev–Trinajstić information content (AvgIpc) is 3.44. The summed E-state index contributed by atoms with van der Waals surface area (Å²) >= 11 is 0. The van der Waals surface area contributed by atoms with Gasteiger partial charge in [0.05, 0.1) is 12.3 Å². The molecule has 0 aliphatic carbocycles. The molecule has 31 heavy (non-hydrogen) atoms. The number of hydrogen-bond donors (Lipinski definition) is 0. The van der Waals surface area contributed by atoms with E-state index in [4.69, 9.17) is 4.42 Å². The first-order chi connectivity index (χ1) is 15.0. The van der Waals surface area contributed by atoms with Crippen LogP contribution < -0.4 is 0 Å². The van der Waals surface area contributed by atoms with E-state index in [2.05, 4.69) is 35.9 Å². The van der Waals surface area contributed by atoms with E-state index in [-0.39, 0.29) is 36.1 Å². The quantitative estimate of drug-likeness (QED) is 0.604. The SMILES string of the molecule is Cc1ccccc1C1c2cccn2CCN1C(=O)CN(CC(C)C)C(=O)c1ccco1. The Morgan fingerprint density at radius 1 is 1.10 bits per heavy atom. The molecule has 162 valence electrons. The summed E-state index contributed by atoms with van der Waals surface area (Å²) in [5.74, 6) is 0.190. The number of nitrogens with zero attached hydrogens (tertiary/aromatic N) is 3. The molecule has 3 heterocycles. The van der Waals surface area contributed by atoms with Gasteiger partial charge in [0.25, 0.3) is 5.91 Å². The fraction of sp³-hybridized carbons (Fsp3) is 0.360. The van der Waals surface area contributed by atoms with Gasteiger partial charge in [-0.25, -0.2) is 0 Å². The Morgan fingerprint density at radius 3 is 2.61 bits per heavy atom. The molecular weight excluding hydrogens is 390 g/mol. The maximum atomic E-state index is 13.6. The Morgan fingerprint density at radius 2 is 1.90 bits per heavy atom. The number of aromatic nitrogens is 1. The highest BCUT2D eigenvalue weighted by Gasteiger charge is 2.34. The molecule has 1 atom stereocenters. The molecule has 1 aliphatic rings. The standard InChI is InChI=1S/C25H29N3O3/c1-18(2)16-27(25(30)22-11-7-15-31-22)17-23(29)28-14-13-26-12-6-10-21(26)24(28)20-9-5-4-8-19(20)3/h4-12,15,18,24H,13-14,16-17H2,1-3H3. The van der Waals surface area contributed by atoms with Crippen molar-refractivity contribution in [2.45, 2.75) is 33.4 Å². The monoisotopic (exact) mass is 419 g/mol. The number of aryl methyl sites for hydroxylation is 1. The van der Waals surface area contributed by atoms with Gasteiger partial charge >= 0.3 is 0 Å². The zero-order chi connectivity index (χ0) is 22.0. The third-order valence-electron chi connectivity index (χ3n) is 5.77. The van der Waals surface area contributed by atoms with Crippen LogP contribution in [-0.2, 0) is 11.3 Å². The number of hydrogen-bond acceptors (Lipinski definition) is 3. The van der Waals surface area contributed by atoms with Gasteiger partial charge in [-0.3, -0.25) is 9.59 Å². The molecule has 6 heteroatoms. The van der Waals surface area contributed by atoms with Crippen molar-refractivity contribution in [2.75, 3.05) is 19.6 Å². The van der Waals surface area contributed by atoms with Crippen LogP contribution in [-0.4, -0.2) is 45.8 Å². The van der Waals surface area contributed by atoms with E-state index in [1.54, 1.807) is 17.0 Å². The fourth-order valence-corrected chi connectivity index (χ4v) is 4.34. The molecule has 0 saturated carbocycles. The summed E-state index contributed by atoms with van der Waals surface area (Å²) in [4.78, 5) is 30.1. The molecule has 6 nitrogen and oxygen atoms in total. The minimum Gasteiger partial charge on any atom is -0.459 e. The second kappa shape index (κ2) is 8.84. The summed E-state index contributed by atoms with van der Waals surface area (Å²) in [6, 6.07) is 15.5. The van der Waals surface area contributed by atoms with Crippen LogP contribution in [0.1, 0.15) is 47.3 Å². The molecule has 1 unspecified atom stereocenters. The number of amides is 2.